The van der Waals surface area contributed by atoms with E-state index in [0.29, 0.717) is 5.56 Å². The summed E-state index contributed by atoms with van der Waals surface area (Å²) in [5, 5.41) is 0. The zero-order valence-electron chi connectivity index (χ0n) is 11.4. The summed E-state index contributed by atoms with van der Waals surface area (Å²) in [5.74, 6) is -0.723. The topological polar surface area (TPSA) is 43.4 Å². The van der Waals surface area contributed by atoms with Crippen molar-refractivity contribution in [3.8, 4) is 0 Å². The summed E-state index contributed by atoms with van der Waals surface area (Å²) in [6.45, 7) is 5.37. The van der Waals surface area contributed by atoms with Crippen LogP contribution in [0.15, 0.2) is 48.6 Å². The van der Waals surface area contributed by atoms with Crippen molar-refractivity contribution in [3.63, 3.8) is 0 Å². The lowest BCUT2D eigenvalue weighted by molar-refractivity contribution is -0.140. The van der Waals surface area contributed by atoms with Crippen molar-refractivity contribution in [2.45, 2.75) is 26.9 Å². The highest BCUT2D eigenvalue weighted by molar-refractivity contribution is 6.00. The summed E-state index contributed by atoms with van der Waals surface area (Å²) in [7, 11) is 0. The highest BCUT2D eigenvalue weighted by atomic mass is 16.5. The molecule has 0 bridgehead atoms. The third-order valence-corrected chi connectivity index (χ3v) is 2.53. The molecule has 1 atom stereocenters. The molecule has 0 N–H and O–H groups in total. The highest BCUT2D eigenvalue weighted by Crippen LogP contribution is 2.08. The number of carbonyl (C=O) groups is 2. The van der Waals surface area contributed by atoms with E-state index in [1.54, 1.807) is 37.3 Å². The van der Waals surface area contributed by atoms with Gasteiger partial charge >= 0.3 is 5.97 Å². The van der Waals surface area contributed by atoms with E-state index in [1.807, 2.05) is 26.0 Å². The molecule has 1 aromatic carbocycles. The normalized spacial score (nSPS) is 12.8. The van der Waals surface area contributed by atoms with Crippen molar-refractivity contribution in [1.29, 1.82) is 0 Å². The zero-order valence-corrected chi connectivity index (χ0v) is 11.4. The van der Waals surface area contributed by atoms with Gasteiger partial charge in [0.25, 0.3) is 0 Å². The molecule has 0 aliphatic heterocycles. The van der Waals surface area contributed by atoms with Gasteiger partial charge < -0.3 is 4.74 Å². The van der Waals surface area contributed by atoms with Crippen molar-refractivity contribution in [2.75, 3.05) is 0 Å². The maximum absolute atomic E-state index is 12.0. The number of ketones is 1. The first-order chi connectivity index (χ1) is 9.04. The van der Waals surface area contributed by atoms with Crippen LogP contribution >= 0.6 is 0 Å². The molecule has 0 heterocycles. The second kappa shape index (κ2) is 7.31. The Balaban J connectivity index is 2.62. The Bertz CT molecular complexity index is 495. The molecule has 19 heavy (non-hydrogen) atoms. The largest absolute Gasteiger partial charge is 0.451 e. The van der Waals surface area contributed by atoms with Gasteiger partial charge in [0, 0.05) is 11.6 Å². The summed E-state index contributed by atoms with van der Waals surface area (Å²) in [6.07, 6.45) is 5.59. The molecular formula is C16H18O3. The van der Waals surface area contributed by atoms with Gasteiger partial charge in [0.2, 0.25) is 5.78 Å². The molecule has 1 aromatic rings. The fourth-order valence-electron chi connectivity index (χ4n) is 1.46. The average molecular weight is 258 g/mol. The van der Waals surface area contributed by atoms with Crippen LogP contribution in [0.3, 0.4) is 0 Å². The Kier molecular flexibility index (Phi) is 5.73. The van der Waals surface area contributed by atoms with Crippen molar-refractivity contribution in [1.82, 2.24) is 0 Å². The quantitative estimate of drug-likeness (QED) is 0.352. The van der Waals surface area contributed by atoms with Gasteiger partial charge in [-0.2, -0.15) is 0 Å². The van der Waals surface area contributed by atoms with Crippen LogP contribution in [0.4, 0.5) is 0 Å². The molecule has 0 aliphatic rings. The number of hydrogen-bond donors (Lipinski definition) is 0. The second-order valence-electron chi connectivity index (χ2n) is 4.19. The van der Waals surface area contributed by atoms with E-state index in [0.717, 1.165) is 5.56 Å². The minimum absolute atomic E-state index is 0.201. The SMILES string of the molecule is CC=CC=CC(=O)OC(C)C(=O)c1ccc(C)cc1. The molecule has 1 rings (SSSR count). The van der Waals surface area contributed by atoms with Crippen molar-refractivity contribution >= 4 is 11.8 Å². The molecule has 0 aromatic heterocycles. The van der Waals surface area contributed by atoms with E-state index in [-0.39, 0.29) is 5.78 Å². The van der Waals surface area contributed by atoms with Crippen molar-refractivity contribution in [2.24, 2.45) is 0 Å². The minimum atomic E-state index is -0.787. The van der Waals surface area contributed by atoms with Gasteiger partial charge in [-0.25, -0.2) is 4.79 Å². The summed E-state index contributed by atoms with van der Waals surface area (Å²) in [5.41, 5.74) is 1.62. The van der Waals surface area contributed by atoms with Crippen LogP contribution in [-0.4, -0.2) is 17.9 Å². The number of ether oxygens (including phenoxy) is 1. The maximum atomic E-state index is 12.0. The minimum Gasteiger partial charge on any atom is -0.451 e. The third-order valence-electron chi connectivity index (χ3n) is 2.53. The van der Waals surface area contributed by atoms with Crippen LogP contribution in [0.5, 0.6) is 0 Å². The molecule has 0 radical (unpaired) electrons. The fraction of sp³-hybridized carbons (Fsp3) is 0.250. The standard InChI is InChI=1S/C16H18O3/c1-4-5-6-7-15(17)19-13(3)16(18)14-10-8-12(2)9-11-14/h4-11,13H,1-3H3. The first-order valence-corrected chi connectivity index (χ1v) is 6.15. The average Bonchev–Trinajstić information content (AvgIpc) is 2.39. The third kappa shape index (κ3) is 4.92. The lowest BCUT2D eigenvalue weighted by Crippen LogP contribution is -2.23. The Labute approximate surface area is 113 Å². The van der Waals surface area contributed by atoms with Gasteiger partial charge in [0.15, 0.2) is 6.10 Å². The van der Waals surface area contributed by atoms with E-state index in [9.17, 15) is 9.59 Å². The van der Waals surface area contributed by atoms with Gasteiger partial charge in [0.1, 0.15) is 0 Å². The van der Waals surface area contributed by atoms with E-state index in [2.05, 4.69) is 0 Å². The molecule has 1 unspecified atom stereocenters. The summed E-state index contributed by atoms with van der Waals surface area (Å²) >= 11 is 0. The molecule has 0 saturated carbocycles. The molecular weight excluding hydrogens is 240 g/mol. The molecule has 0 aliphatic carbocycles. The van der Waals surface area contributed by atoms with E-state index in [1.165, 1.54) is 6.08 Å². The number of aryl methyl sites for hydroxylation is 1. The van der Waals surface area contributed by atoms with Crippen molar-refractivity contribution in [3.05, 3.63) is 59.7 Å². The van der Waals surface area contributed by atoms with Crippen LogP contribution < -0.4 is 0 Å². The predicted molar refractivity (Wildman–Crippen MR) is 75.0 cm³/mol. The number of benzene rings is 1. The van der Waals surface area contributed by atoms with Gasteiger partial charge in [-0.15, -0.1) is 0 Å². The molecule has 3 heteroatoms. The van der Waals surface area contributed by atoms with Gasteiger partial charge in [-0.1, -0.05) is 48.1 Å². The Morgan fingerprint density at radius 3 is 2.37 bits per heavy atom. The van der Waals surface area contributed by atoms with Gasteiger partial charge in [-0.05, 0) is 20.8 Å². The highest BCUT2D eigenvalue weighted by Gasteiger charge is 2.18. The van der Waals surface area contributed by atoms with Crippen molar-refractivity contribution < 1.29 is 14.3 Å². The summed E-state index contributed by atoms with van der Waals surface area (Å²) in [6, 6.07) is 7.18. The predicted octanol–water partition coefficient (Wildman–Crippen LogP) is 3.24. The van der Waals surface area contributed by atoms with Crippen LogP contribution in [0, 0.1) is 6.92 Å². The van der Waals surface area contributed by atoms with Gasteiger partial charge in [0.05, 0.1) is 0 Å². The maximum Gasteiger partial charge on any atom is 0.331 e. The Morgan fingerprint density at radius 2 is 1.79 bits per heavy atom. The van der Waals surface area contributed by atoms with Crippen LogP contribution in [0.25, 0.3) is 0 Å². The molecule has 0 amide bonds. The number of rotatable bonds is 5. The first kappa shape index (κ1) is 14.9. The van der Waals surface area contributed by atoms with E-state index < -0.39 is 12.1 Å². The number of carbonyl (C=O) groups excluding carboxylic acids is 2. The van der Waals surface area contributed by atoms with Gasteiger partial charge in [-0.3, -0.25) is 4.79 Å². The van der Waals surface area contributed by atoms with Crippen LogP contribution in [-0.2, 0) is 9.53 Å². The molecule has 0 saturated heterocycles. The molecule has 0 spiro atoms. The number of esters is 1. The lowest BCUT2D eigenvalue weighted by Gasteiger charge is -2.10. The zero-order chi connectivity index (χ0) is 14.3. The number of hydrogen-bond acceptors (Lipinski definition) is 3. The molecule has 3 nitrogen and oxygen atoms in total. The molecule has 0 fully saturated rings. The van der Waals surface area contributed by atoms with Crippen LogP contribution in [0.2, 0.25) is 0 Å². The van der Waals surface area contributed by atoms with E-state index >= 15 is 0 Å². The monoisotopic (exact) mass is 258 g/mol. The smallest absolute Gasteiger partial charge is 0.331 e. The summed E-state index contributed by atoms with van der Waals surface area (Å²) < 4.78 is 5.03. The molecule has 100 valence electrons. The lowest BCUT2D eigenvalue weighted by atomic mass is 10.1. The summed E-state index contributed by atoms with van der Waals surface area (Å²) in [4.78, 5) is 23.4. The second-order valence-corrected chi connectivity index (χ2v) is 4.19. The fourth-order valence-corrected chi connectivity index (χ4v) is 1.46. The number of allylic oxidation sites excluding steroid dienone is 3. The van der Waals surface area contributed by atoms with E-state index in [4.69, 9.17) is 4.74 Å². The Hall–Kier alpha value is -2.16. The Morgan fingerprint density at radius 1 is 1.16 bits per heavy atom. The van der Waals surface area contributed by atoms with Crippen LogP contribution in [0.1, 0.15) is 29.8 Å². The first-order valence-electron chi connectivity index (χ1n) is 6.15. The number of Topliss-reactive ketones (excluding diaryl/α,β-unsaturated/α-hetero) is 1.